The van der Waals surface area contributed by atoms with E-state index in [0.717, 1.165) is 6.42 Å². The number of ether oxygens (including phenoxy) is 1. The molecule has 0 aromatic carbocycles. The molecule has 3 unspecified atom stereocenters. The van der Waals surface area contributed by atoms with Crippen LogP contribution in [-0.4, -0.2) is 48.2 Å². The van der Waals surface area contributed by atoms with Crippen molar-refractivity contribution in [3.63, 3.8) is 0 Å². The molecule has 0 aliphatic carbocycles. The van der Waals surface area contributed by atoms with Crippen LogP contribution >= 0.6 is 0 Å². The highest BCUT2D eigenvalue weighted by Gasteiger charge is 2.31. The lowest BCUT2D eigenvalue weighted by Crippen LogP contribution is -2.37. The van der Waals surface area contributed by atoms with E-state index in [1.807, 2.05) is 6.92 Å². The highest BCUT2D eigenvalue weighted by Crippen LogP contribution is 2.21. The number of rotatable bonds is 4. The Morgan fingerprint density at radius 3 is 2.62 bits per heavy atom. The van der Waals surface area contributed by atoms with Crippen LogP contribution in [0, 0.1) is 11.8 Å². The molecule has 1 aliphatic rings. The first-order valence-corrected chi connectivity index (χ1v) is 5.51. The molecular weight excluding hydrogens is 210 g/mol. The van der Waals surface area contributed by atoms with Gasteiger partial charge in [0.2, 0.25) is 5.91 Å². The van der Waals surface area contributed by atoms with Crippen LogP contribution in [0.1, 0.15) is 20.3 Å². The van der Waals surface area contributed by atoms with Crippen LogP contribution in [0.2, 0.25) is 0 Å². The summed E-state index contributed by atoms with van der Waals surface area (Å²) in [7, 11) is 1.64. The van der Waals surface area contributed by atoms with E-state index in [0.29, 0.717) is 6.61 Å². The lowest BCUT2D eigenvalue weighted by Gasteiger charge is -2.22. The summed E-state index contributed by atoms with van der Waals surface area (Å²) in [5.41, 5.74) is 0. The van der Waals surface area contributed by atoms with Gasteiger partial charge < -0.3 is 14.7 Å². The third-order valence-corrected chi connectivity index (χ3v) is 2.89. The number of carbonyl (C=O) groups excluding carboxylic acids is 1. The molecule has 16 heavy (non-hydrogen) atoms. The molecule has 0 aromatic heterocycles. The van der Waals surface area contributed by atoms with Gasteiger partial charge in [-0.05, 0) is 13.3 Å². The summed E-state index contributed by atoms with van der Waals surface area (Å²) < 4.78 is 5.33. The molecule has 1 heterocycles. The van der Waals surface area contributed by atoms with Crippen molar-refractivity contribution >= 4 is 11.9 Å². The zero-order valence-electron chi connectivity index (χ0n) is 9.97. The smallest absolute Gasteiger partial charge is 0.308 e. The fourth-order valence-electron chi connectivity index (χ4n) is 1.88. The molecule has 5 nitrogen and oxygen atoms in total. The zero-order valence-corrected chi connectivity index (χ0v) is 9.97. The fourth-order valence-corrected chi connectivity index (χ4v) is 1.88. The predicted octanol–water partition coefficient (Wildman–Crippen LogP) is 0.591. The van der Waals surface area contributed by atoms with Crippen LogP contribution in [0.25, 0.3) is 0 Å². The van der Waals surface area contributed by atoms with Gasteiger partial charge in [-0.1, -0.05) is 6.92 Å². The normalized spacial score (nSPS) is 26.4. The number of nitrogens with zero attached hydrogens (tertiary/aromatic N) is 1. The average molecular weight is 229 g/mol. The van der Waals surface area contributed by atoms with Crippen LogP contribution in [0.3, 0.4) is 0 Å². The third kappa shape index (κ3) is 3.20. The molecule has 0 saturated carbocycles. The molecule has 0 spiro atoms. The quantitative estimate of drug-likeness (QED) is 0.766. The maximum absolute atomic E-state index is 11.9. The van der Waals surface area contributed by atoms with Crippen molar-refractivity contribution in [3.8, 4) is 0 Å². The van der Waals surface area contributed by atoms with E-state index < -0.39 is 11.9 Å². The topological polar surface area (TPSA) is 66.8 Å². The van der Waals surface area contributed by atoms with Crippen molar-refractivity contribution in [2.75, 3.05) is 20.2 Å². The minimum Gasteiger partial charge on any atom is -0.481 e. The fraction of sp³-hybridized carbons (Fsp3) is 0.818. The summed E-state index contributed by atoms with van der Waals surface area (Å²) in [6.07, 6.45) is 0.851. The number of aliphatic carboxylic acids is 1. The minimum atomic E-state index is -0.879. The van der Waals surface area contributed by atoms with Gasteiger partial charge in [0.25, 0.3) is 0 Å². The van der Waals surface area contributed by atoms with Gasteiger partial charge in [-0.3, -0.25) is 9.59 Å². The second kappa shape index (κ2) is 5.30. The zero-order chi connectivity index (χ0) is 12.3. The molecule has 1 aliphatic heterocycles. The van der Waals surface area contributed by atoms with E-state index in [2.05, 4.69) is 0 Å². The molecule has 1 N–H and O–H groups in total. The van der Waals surface area contributed by atoms with Crippen LogP contribution in [0.5, 0.6) is 0 Å². The van der Waals surface area contributed by atoms with Crippen molar-refractivity contribution in [2.45, 2.75) is 26.4 Å². The van der Waals surface area contributed by atoms with Gasteiger partial charge >= 0.3 is 5.97 Å². The van der Waals surface area contributed by atoms with Crippen molar-refractivity contribution in [1.82, 2.24) is 4.90 Å². The van der Waals surface area contributed by atoms with Gasteiger partial charge in [-0.2, -0.15) is 0 Å². The largest absolute Gasteiger partial charge is 0.481 e. The second-order valence-electron chi connectivity index (χ2n) is 4.53. The Bertz CT molecular complexity index is 279. The Morgan fingerprint density at radius 1 is 1.56 bits per heavy atom. The van der Waals surface area contributed by atoms with Crippen molar-refractivity contribution < 1.29 is 19.4 Å². The molecule has 0 bridgehead atoms. The number of carboxylic acids is 1. The molecule has 1 amide bonds. The summed E-state index contributed by atoms with van der Waals surface area (Å²) in [6.45, 7) is 4.23. The molecule has 1 fully saturated rings. The van der Waals surface area contributed by atoms with E-state index in [1.54, 1.807) is 14.0 Å². The summed E-state index contributed by atoms with van der Waals surface area (Å²) in [4.78, 5) is 24.1. The maximum atomic E-state index is 11.9. The number of amides is 1. The molecule has 1 saturated heterocycles. The third-order valence-electron chi connectivity index (χ3n) is 2.89. The highest BCUT2D eigenvalue weighted by molar-refractivity contribution is 5.80. The minimum absolute atomic E-state index is 0.0162. The molecule has 92 valence electrons. The first-order chi connectivity index (χ1) is 7.41. The molecular formula is C11H19NO4. The molecule has 0 aromatic rings. The van der Waals surface area contributed by atoms with E-state index in [9.17, 15) is 9.59 Å². The van der Waals surface area contributed by atoms with Crippen LogP contribution in [-0.2, 0) is 14.3 Å². The standard InChI is InChI=1S/C11H19NO4/c1-7(11(14)15)5-12(3)10(13)9-4-8(2)16-6-9/h7-9H,4-6H2,1-3H3,(H,14,15). The lowest BCUT2D eigenvalue weighted by molar-refractivity contribution is -0.143. The van der Waals surface area contributed by atoms with E-state index in [-0.39, 0.29) is 24.5 Å². The van der Waals surface area contributed by atoms with Gasteiger partial charge in [0.05, 0.1) is 24.5 Å². The van der Waals surface area contributed by atoms with E-state index in [4.69, 9.17) is 9.84 Å². The summed E-state index contributed by atoms with van der Waals surface area (Å²) >= 11 is 0. The van der Waals surface area contributed by atoms with E-state index in [1.165, 1.54) is 4.90 Å². The molecule has 0 radical (unpaired) electrons. The number of hydrogen-bond acceptors (Lipinski definition) is 3. The number of hydrogen-bond donors (Lipinski definition) is 1. The lowest BCUT2D eigenvalue weighted by atomic mass is 10.0. The second-order valence-corrected chi connectivity index (χ2v) is 4.53. The Balaban J connectivity index is 2.44. The predicted molar refractivity (Wildman–Crippen MR) is 58.0 cm³/mol. The maximum Gasteiger partial charge on any atom is 0.308 e. The summed E-state index contributed by atoms with van der Waals surface area (Å²) in [5, 5.41) is 8.76. The first-order valence-electron chi connectivity index (χ1n) is 5.51. The van der Waals surface area contributed by atoms with Gasteiger partial charge in [0, 0.05) is 13.6 Å². The Labute approximate surface area is 95.4 Å². The molecule has 1 rings (SSSR count). The van der Waals surface area contributed by atoms with Gasteiger partial charge in [0.15, 0.2) is 0 Å². The monoisotopic (exact) mass is 229 g/mol. The first kappa shape index (κ1) is 13.0. The van der Waals surface area contributed by atoms with Crippen LogP contribution in [0.4, 0.5) is 0 Å². The van der Waals surface area contributed by atoms with E-state index >= 15 is 0 Å². The van der Waals surface area contributed by atoms with Crippen molar-refractivity contribution in [2.24, 2.45) is 11.8 Å². The molecule has 3 atom stereocenters. The Kier molecular flexibility index (Phi) is 4.29. The van der Waals surface area contributed by atoms with Gasteiger partial charge in [0.1, 0.15) is 0 Å². The summed E-state index contributed by atoms with van der Waals surface area (Å²) in [5.74, 6) is -1.54. The molecule has 5 heteroatoms. The van der Waals surface area contributed by atoms with Gasteiger partial charge in [-0.15, -0.1) is 0 Å². The van der Waals surface area contributed by atoms with Crippen molar-refractivity contribution in [1.29, 1.82) is 0 Å². The Morgan fingerprint density at radius 2 is 2.19 bits per heavy atom. The van der Waals surface area contributed by atoms with Crippen LogP contribution in [0.15, 0.2) is 0 Å². The Hall–Kier alpha value is -1.10. The highest BCUT2D eigenvalue weighted by atomic mass is 16.5. The van der Waals surface area contributed by atoms with Gasteiger partial charge in [-0.25, -0.2) is 0 Å². The SMILES string of the molecule is CC1CC(C(=O)N(C)CC(C)C(=O)O)CO1. The van der Waals surface area contributed by atoms with Crippen molar-refractivity contribution in [3.05, 3.63) is 0 Å². The van der Waals surface area contributed by atoms with Crippen LogP contribution < -0.4 is 0 Å². The summed E-state index contributed by atoms with van der Waals surface area (Å²) in [6, 6.07) is 0. The number of carbonyl (C=O) groups is 2. The number of carboxylic acid groups (broad SMARTS) is 1. The average Bonchev–Trinajstić information content (AvgIpc) is 2.63.